The van der Waals surface area contributed by atoms with Crippen molar-refractivity contribution < 1.29 is 67.8 Å². The van der Waals surface area contributed by atoms with E-state index in [0.717, 1.165) is 0 Å². The van der Waals surface area contributed by atoms with Crippen LogP contribution in [0.15, 0.2) is 110 Å². The van der Waals surface area contributed by atoms with E-state index in [2.05, 4.69) is 0 Å². The Kier molecular flexibility index (Phi) is 13.3. The summed E-state index contributed by atoms with van der Waals surface area (Å²) in [5.41, 5.74) is 2.52. The number of aromatic nitrogens is 2. The molecule has 0 saturated heterocycles. The van der Waals surface area contributed by atoms with E-state index in [1.807, 2.05) is 70.3 Å². The van der Waals surface area contributed by atoms with E-state index in [9.17, 15) is 49.8 Å². The van der Waals surface area contributed by atoms with Gasteiger partial charge in [0.05, 0.1) is 0 Å². The second-order valence-electron chi connectivity index (χ2n) is 16.8. The SMILES string of the molecule is CC1c2cc(c(O)cc2O)C(C)c2cc(c(O)cc2O[Si](O)(O)CCC[n+]2ccccc2)C(C)c2cc(c(O)cc2O)C(C)c2cc1c(O)cc2O[Si](O)(O)CCC[n+]1ccccc1. The normalized spacial score (nSPS) is 17.5. The third-order valence-electron chi connectivity index (χ3n) is 12.3. The zero-order valence-electron chi connectivity index (χ0n) is 36.1. The van der Waals surface area contributed by atoms with Gasteiger partial charge in [0.25, 0.3) is 0 Å². The van der Waals surface area contributed by atoms with Gasteiger partial charge in [-0.1, -0.05) is 39.8 Å². The van der Waals surface area contributed by atoms with E-state index in [0.29, 0.717) is 70.4 Å². The monoisotopic (exact) mass is 908 g/mol. The molecule has 336 valence electrons. The summed E-state index contributed by atoms with van der Waals surface area (Å²) in [5, 5.41) is 68.9. The van der Waals surface area contributed by atoms with Crippen LogP contribution in [0.3, 0.4) is 0 Å². The van der Waals surface area contributed by atoms with Crippen LogP contribution in [-0.2, 0) is 13.1 Å². The molecule has 10 N–H and O–H groups in total. The lowest BCUT2D eigenvalue weighted by molar-refractivity contribution is -0.697. The molecule has 0 saturated carbocycles. The lowest BCUT2D eigenvalue weighted by atomic mass is 9.81. The van der Waals surface area contributed by atoms with E-state index in [1.165, 1.54) is 24.3 Å². The van der Waals surface area contributed by atoms with E-state index in [4.69, 9.17) is 8.85 Å². The predicted octanol–water partition coefficient (Wildman–Crippen LogP) is 6.20. The largest absolute Gasteiger partial charge is 0.560 e. The second-order valence-corrected chi connectivity index (χ2v) is 21.2. The topological polar surface area (TPSA) is 229 Å². The van der Waals surface area contributed by atoms with Gasteiger partial charge in [-0.25, -0.2) is 9.13 Å². The second kappa shape index (κ2) is 18.5. The number of aromatic hydroxyl groups is 6. The molecule has 8 bridgehead atoms. The van der Waals surface area contributed by atoms with E-state index < -0.39 is 41.3 Å². The van der Waals surface area contributed by atoms with Crippen molar-refractivity contribution in [3.05, 3.63) is 154 Å². The molecule has 0 radical (unpaired) electrons. The first-order chi connectivity index (χ1) is 30.3. The molecule has 6 aromatic rings. The van der Waals surface area contributed by atoms with Gasteiger partial charge in [0, 0.05) is 142 Å². The minimum Gasteiger partial charge on any atom is -0.508 e. The molecule has 0 aliphatic heterocycles. The third kappa shape index (κ3) is 9.97. The molecule has 2 heterocycles. The Morgan fingerprint density at radius 1 is 0.391 bits per heavy atom. The molecule has 4 atom stereocenters. The summed E-state index contributed by atoms with van der Waals surface area (Å²) in [4.78, 5) is 45.2. The van der Waals surface area contributed by atoms with Gasteiger partial charge in [-0.15, -0.1) is 0 Å². The smallest absolute Gasteiger partial charge is 0.508 e. The van der Waals surface area contributed by atoms with Crippen molar-refractivity contribution in [2.75, 3.05) is 0 Å². The first kappa shape index (κ1) is 45.9. The van der Waals surface area contributed by atoms with Crippen molar-refractivity contribution in [3.63, 3.8) is 0 Å². The van der Waals surface area contributed by atoms with Gasteiger partial charge in [0.1, 0.15) is 59.1 Å². The number of pyridine rings is 2. The molecule has 0 fully saturated rings. The zero-order valence-corrected chi connectivity index (χ0v) is 38.1. The summed E-state index contributed by atoms with van der Waals surface area (Å²) in [5.74, 6) is -4.86. The van der Waals surface area contributed by atoms with E-state index in [1.54, 1.807) is 52.0 Å². The molecule has 1 aliphatic rings. The quantitative estimate of drug-likeness (QED) is 0.0489. The number of hydrogen-bond acceptors (Lipinski definition) is 12. The fourth-order valence-corrected chi connectivity index (χ4v) is 11.1. The summed E-state index contributed by atoms with van der Waals surface area (Å²) in [6.07, 6.45) is 8.21. The standard InChI is InChI=1S/C48H54N2O12Si2/c1-29-33-21-35(43(53)25-41(33)51)31(3)40-24-38(46(56)28-48(40)62-64(59,60)20-12-18-50-15-9-6-10-16-50)30(2)34-22-36(44(54)26-42(34)52)32(4)39-23-37(29)45(55)27-47(39)61-63(57,58)19-11-17-49-13-7-5-8-14-49/h5-10,13-16,21-32,57-60H,11-12,17-20H2,1-4H3,(H4-2,51,52,53,54,55,56)/p+2. The van der Waals surface area contributed by atoms with E-state index >= 15 is 0 Å². The number of phenols is 6. The number of benzene rings is 4. The molecule has 7 rings (SSSR count). The highest BCUT2D eigenvalue weighted by atomic mass is 28.4. The van der Waals surface area contributed by atoms with Gasteiger partial charge in [-0.05, 0) is 24.3 Å². The van der Waals surface area contributed by atoms with Gasteiger partial charge in [0.2, 0.25) is 0 Å². The third-order valence-corrected chi connectivity index (χ3v) is 15.4. The molecule has 16 heteroatoms. The van der Waals surface area contributed by atoms with Crippen LogP contribution in [0.1, 0.15) is 109 Å². The maximum atomic E-state index is 11.7. The number of rotatable bonds is 12. The molecule has 1 aliphatic carbocycles. The van der Waals surface area contributed by atoms with E-state index in [-0.39, 0.29) is 58.1 Å². The summed E-state index contributed by atoms with van der Waals surface area (Å²) in [6.45, 7) is 7.97. The van der Waals surface area contributed by atoms with Crippen LogP contribution >= 0.6 is 0 Å². The van der Waals surface area contributed by atoms with Crippen molar-refractivity contribution >= 4 is 17.6 Å². The predicted molar refractivity (Wildman–Crippen MR) is 240 cm³/mol. The Balaban J connectivity index is 1.34. The van der Waals surface area contributed by atoms with Crippen LogP contribution in [0.4, 0.5) is 0 Å². The maximum Gasteiger partial charge on any atom is 0.560 e. The van der Waals surface area contributed by atoms with Gasteiger partial charge < -0.3 is 58.7 Å². The number of phenolic OH excluding ortho intramolecular Hbond substituents is 6. The number of aryl methyl sites for hydroxylation is 2. The van der Waals surface area contributed by atoms with Gasteiger partial charge in [-0.3, -0.25) is 0 Å². The lowest BCUT2D eigenvalue weighted by Gasteiger charge is -2.28. The van der Waals surface area contributed by atoms with Crippen LogP contribution < -0.4 is 18.0 Å². The molecule has 14 nitrogen and oxygen atoms in total. The molecule has 4 unspecified atom stereocenters. The maximum absolute atomic E-state index is 11.7. The van der Waals surface area contributed by atoms with Crippen LogP contribution in [0, 0.1) is 0 Å². The molecular weight excluding hydrogens is 853 g/mol. The summed E-state index contributed by atoms with van der Waals surface area (Å²) >= 11 is 0. The Hall–Kier alpha value is -6.15. The van der Waals surface area contributed by atoms with Crippen molar-refractivity contribution in [3.8, 4) is 46.0 Å². The average molecular weight is 909 g/mol. The summed E-state index contributed by atoms with van der Waals surface area (Å²) in [6, 6.07) is 22.4. The Bertz CT molecular complexity index is 2450. The zero-order chi connectivity index (χ0) is 46.1. The van der Waals surface area contributed by atoms with Crippen LogP contribution in [0.25, 0.3) is 0 Å². The molecule has 0 amide bonds. The Labute approximate surface area is 373 Å². The first-order valence-electron chi connectivity index (χ1n) is 21.3. The Morgan fingerprint density at radius 2 is 0.656 bits per heavy atom. The highest BCUT2D eigenvalue weighted by molar-refractivity contribution is 6.58. The fraction of sp³-hybridized carbons (Fsp3) is 0.292. The van der Waals surface area contributed by atoms with Crippen LogP contribution in [-0.4, -0.2) is 67.4 Å². The van der Waals surface area contributed by atoms with Crippen molar-refractivity contribution in [2.45, 2.75) is 89.4 Å². The number of fused-ring (bicyclic) bond motifs is 8. The van der Waals surface area contributed by atoms with Crippen LogP contribution in [0.5, 0.6) is 46.0 Å². The van der Waals surface area contributed by atoms with Gasteiger partial charge >= 0.3 is 17.6 Å². The molecular formula is C48H56N2O12Si2+2. The van der Waals surface area contributed by atoms with Gasteiger partial charge in [0.15, 0.2) is 24.8 Å². The molecule has 4 aromatic carbocycles. The summed E-state index contributed by atoms with van der Waals surface area (Å²) < 4.78 is 15.8. The van der Waals surface area contributed by atoms with Gasteiger partial charge in [-0.2, -0.15) is 0 Å². The van der Waals surface area contributed by atoms with Crippen molar-refractivity contribution in [1.82, 2.24) is 0 Å². The van der Waals surface area contributed by atoms with Crippen molar-refractivity contribution in [1.29, 1.82) is 0 Å². The average Bonchev–Trinajstić information content (AvgIpc) is 3.23. The molecule has 64 heavy (non-hydrogen) atoms. The fourth-order valence-electron chi connectivity index (χ4n) is 8.64. The minimum atomic E-state index is -4.44. The summed E-state index contributed by atoms with van der Waals surface area (Å²) in [7, 11) is -8.87. The first-order valence-corrected chi connectivity index (χ1v) is 25.3. The highest BCUT2D eigenvalue weighted by Gasteiger charge is 2.39. The number of hydrogen-bond donors (Lipinski definition) is 10. The molecule has 0 spiro atoms. The Morgan fingerprint density at radius 3 is 0.969 bits per heavy atom. The lowest BCUT2D eigenvalue weighted by Crippen LogP contribution is -2.44. The number of nitrogens with zero attached hydrogens (tertiary/aromatic N) is 2. The minimum absolute atomic E-state index is 0.0403. The molecule has 2 aromatic heterocycles. The van der Waals surface area contributed by atoms with Crippen molar-refractivity contribution in [2.24, 2.45) is 0 Å². The van der Waals surface area contributed by atoms with Crippen LogP contribution in [0.2, 0.25) is 12.1 Å². The highest BCUT2D eigenvalue weighted by Crippen LogP contribution is 2.50.